The fourth-order valence-electron chi connectivity index (χ4n) is 2.31. The third-order valence-corrected chi connectivity index (χ3v) is 4.49. The van der Waals surface area contributed by atoms with Gasteiger partial charge in [0, 0.05) is 24.2 Å². The summed E-state index contributed by atoms with van der Waals surface area (Å²) in [5.74, 6) is 1.53. The molecule has 0 saturated heterocycles. The molecule has 1 heterocycles. The van der Waals surface area contributed by atoms with Gasteiger partial charge in [-0.25, -0.2) is 0 Å². The van der Waals surface area contributed by atoms with E-state index >= 15 is 0 Å². The lowest BCUT2D eigenvalue weighted by atomic mass is 9.98. The van der Waals surface area contributed by atoms with Crippen LogP contribution in [0.1, 0.15) is 31.0 Å². The highest BCUT2D eigenvalue weighted by molar-refractivity contribution is 7.08. The zero-order valence-corrected chi connectivity index (χ0v) is 14.2. The second-order valence-electron chi connectivity index (χ2n) is 5.50. The molecule has 22 heavy (non-hydrogen) atoms. The van der Waals surface area contributed by atoms with Crippen molar-refractivity contribution < 1.29 is 14.6 Å². The first-order chi connectivity index (χ1) is 10.5. The summed E-state index contributed by atoms with van der Waals surface area (Å²) in [4.78, 5) is 0. The third-order valence-electron chi connectivity index (χ3n) is 3.80. The van der Waals surface area contributed by atoms with E-state index in [2.05, 4.69) is 5.32 Å². The topological polar surface area (TPSA) is 50.7 Å². The predicted molar refractivity (Wildman–Crippen MR) is 89.9 cm³/mol. The van der Waals surface area contributed by atoms with Gasteiger partial charge in [0.05, 0.1) is 14.2 Å². The molecule has 2 aromatic rings. The molecular weight excluding hydrogens is 298 g/mol. The minimum atomic E-state index is -0.895. The second-order valence-corrected chi connectivity index (χ2v) is 6.28. The van der Waals surface area contributed by atoms with Gasteiger partial charge < -0.3 is 19.9 Å². The molecule has 0 aliphatic rings. The van der Waals surface area contributed by atoms with Gasteiger partial charge in [0.15, 0.2) is 0 Å². The van der Waals surface area contributed by atoms with E-state index in [1.165, 1.54) is 0 Å². The Hall–Kier alpha value is -1.56. The quantitative estimate of drug-likeness (QED) is 0.821. The molecule has 4 nitrogen and oxygen atoms in total. The molecule has 0 fully saturated rings. The van der Waals surface area contributed by atoms with Crippen LogP contribution in [0.2, 0.25) is 0 Å². The average molecular weight is 321 g/mol. The summed E-state index contributed by atoms with van der Waals surface area (Å²) in [5.41, 5.74) is 1.07. The van der Waals surface area contributed by atoms with Gasteiger partial charge in [-0.2, -0.15) is 11.3 Å². The van der Waals surface area contributed by atoms with Gasteiger partial charge in [-0.15, -0.1) is 0 Å². The Balaban J connectivity index is 2.08. The number of aliphatic hydroxyl groups is 1. The molecule has 2 atom stereocenters. The van der Waals surface area contributed by atoms with Gasteiger partial charge in [0.2, 0.25) is 0 Å². The van der Waals surface area contributed by atoms with Crippen molar-refractivity contribution in [2.24, 2.45) is 0 Å². The SMILES string of the molecule is COc1ccc(C(C)NCC(C)(O)c2ccsc2)c(OC)c1. The summed E-state index contributed by atoms with van der Waals surface area (Å²) in [5, 5.41) is 17.9. The van der Waals surface area contributed by atoms with Crippen molar-refractivity contribution in [2.75, 3.05) is 20.8 Å². The smallest absolute Gasteiger partial charge is 0.127 e. The zero-order chi connectivity index (χ0) is 16.2. The number of nitrogens with one attached hydrogen (secondary N) is 1. The van der Waals surface area contributed by atoms with E-state index in [1.54, 1.807) is 25.6 Å². The van der Waals surface area contributed by atoms with Crippen molar-refractivity contribution in [3.8, 4) is 11.5 Å². The van der Waals surface area contributed by atoms with Gasteiger partial charge in [-0.05, 0) is 42.3 Å². The standard InChI is InChI=1S/C17H23NO3S/c1-12(15-6-5-14(20-3)9-16(15)21-4)18-11-17(2,19)13-7-8-22-10-13/h5-10,12,18-19H,11H2,1-4H3. The number of hydrogen-bond donors (Lipinski definition) is 2. The van der Waals surface area contributed by atoms with Crippen LogP contribution in [0.5, 0.6) is 11.5 Å². The maximum atomic E-state index is 10.6. The van der Waals surface area contributed by atoms with Crippen molar-refractivity contribution in [1.82, 2.24) is 5.32 Å². The Morgan fingerprint density at radius 3 is 2.64 bits per heavy atom. The molecule has 0 spiro atoms. The fraction of sp³-hybridized carbons (Fsp3) is 0.412. The number of thiophene rings is 1. The van der Waals surface area contributed by atoms with Crippen molar-refractivity contribution in [3.05, 3.63) is 46.2 Å². The molecule has 0 radical (unpaired) electrons. The molecule has 2 rings (SSSR count). The normalized spacial score (nSPS) is 15.1. The maximum Gasteiger partial charge on any atom is 0.127 e. The van der Waals surface area contributed by atoms with Crippen LogP contribution >= 0.6 is 11.3 Å². The van der Waals surface area contributed by atoms with Gasteiger partial charge in [0.25, 0.3) is 0 Å². The van der Waals surface area contributed by atoms with E-state index in [-0.39, 0.29) is 6.04 Å². The minimum Gasteiger partial charge on any atom is -0.497 e. The highest BCUT2D eigenvalue weighted by Crippen LogP contribution is 2.30. The summed E-state index contributed by atoms with van der Waals surface area (Å²) in [6, 6.07) is 7.75. The molecule has 1 aromatic heterocycles. The van der Waals surface area contributed by atoms with Gasteiger partial charge in [-0.3, -0.25) is 0 Å². The van der Waals surface area contributed by atoms with Crippen LogP contribution in [0.15, 0.2) is 35.0 Å². The molecular formula is C17H23NO3S. The van der Waals surface area contributed by atoms with Crippen LogP contribution in [-0.4, -0.2) is 25.9 Å². The average Bonchev–Trinajstić information content (AvgIpc) is 3.07. The molecule has 0 bridgehead atoms. The lowest BCUT2D eigenvalue weighted by molar-refractivity contribution is 0.0547. The van der Waals surface area contributed by atoms with Crippen LogP contribution in [0, 0.1) is 0 Å². The van der Waals surface area contributed by atoms with Crippen LogP contribution in [0.25, 0.3) is 0 Å². The van der Waals surface area contributed by atoms with Crippen molar-refractivity contribution in [2.45, 2.75) is 25.5 Å². The highest BCUT2D eigenvalue weighted by Gasteiger charge is 2.24. The molecule has 2 N–H and O–H groups in total. The summed E-state index contributed by atoms with van der Waals surface area (Å²) in [7, 11) is 3.28. The number of methoxy groups -OCH3 is 2. The first-order valence-corrected chi connectivity index (χ1v) is 8.12. The Morgan fingerprint density at radius 1 is 1.27 bits per heavy atom. The van der Waals surface area contributed by atoms with E-state index in [9.17, 15) is 5.11 Å². The Bertz CT molecular complexity index is 596. The van der Waals surface area contributed by atoms with Crippen molar-refractivity contribution in [3.63, 3.8) is 0 Å². The number of rotatable bonds is 7. The summed E-state index contributed by atoms with van der Waals surface area (Å²) >= 11 is 1.59. The molecule has 0 amide bonds. The van der Waals surface area contributed by atoms with Gasteiger partial charge in [-0.1, -0.05) is 6.07 Å². The number of benzene rings is 1. The third kappa shape index (κ3) is 3.80. The Morgan fingerprint density at radius 2 is 2.05 bits per heavy atom. The highest BCUT2D eigenvalue weighted by atomic mass is 32.1. The van der Waals surface area contributed by atoms with E-state index in [4.69, 9.17) is 9.47 Å². The van der Waals surface area contributed by atoms with Crippen molar-refractivity contribution >= 4 is 11.3 Å². The van der Waals surface area contributed by atoms with E-state index in [0.29, 0.717) is 6.54 Å². The Labute approximate surface area is 135 Å². The predicted octanol–water partition coefficient (Wildman–Crippen LogP) is 3.32. The molecule has 5 heteroatoms. The number of hydrogen-bond acceptors (Lipinski definition) is 5. The molecule has 120 valence electrons. The molecule has 0 aliphatic heterocycles. The lowest BCUT2D eigenvalue weighted by Crippen LogP contribution is -2.36. The van der Waals surface area contributed by atoms with Gasteiger partial charge in [0.1, 0.15) is 17.1 Å². The zero-order valence-electron chi connectivity index (χ0n) is 13.4. The first kappa shape index (κ1) is 16.8. The summed E-state index contributed by atoms with van der Waals surface area (Å²) in [6.45, 7) is 4.33. The van der Waals surface area contributed by atoms with E-state index < -0.39 is 5.60 Å². The van der Waals surface area contributed by atoms with Crippen LogP contribution in [-0.2, 0) is 5.60 Å². The summed E-state index contributed by atoms with van der Waals surface area (Å²) < 4.78 is 10.6. The van der Waals surface area contributed by atoms with E-state index in [1.807, 2.05) is 48.9 Å². The second kappa shape index (κ2) is 7.13. The molecule has 1 aromatic carbocycles. The minimum absolute atomic E-state index is 0.0472. The first-order valence-electron chi connectivity index (χ1n) is 7.18. The van der Waals surface area contributed by atoms with Crippen LogP contribution in [0.4, 0.5) is 0 Å². The largest absolute Gasteiger partial charge is 0.497 e. The molecule has 0 aliphatic carbocycles. The number of ether oxygens (including phenoxy) is 2. The van der Waals surface area contributed by atoms with E-state index in [0.717, 1.165) is 22.6 Å². The monoisotopic (exact) mass is 321 g/mol. The Kier molecular flexibility index (Phi) is 5.45. The maximum absolute atomic E-state index is 10.6. The molecule has 2 unspecified atom stereocenters. The fourth-order valence-corrected chi connectivity index (χ4v) is 3.09. The van der Waals surface area contributed by atoms with Crippen molar-refractivity contribution in [1.29, 1.82) is 0 Å². The van der Waals surface area contributed by atoms with Crippen LogP contribution < -0.4 is 14.8 Å². The summed E-state index contributed by atoms with van der Waals surface area (Å²) in [6.07, 6.45) is 0. The van der Waals surface area contributed by atoms with Gasteiger partial charge >= 0.3 is 0 Å². The molecule has 0 saturated carbocycles. The van der Waals surface area contributed by atoms with Crippen LogP contribution in [0.3, 0.4) is 0 Å². The lowest BCUT2D eigenvalue weighted by Gasteiger charge is -2.26.